The van der Waals surface area contributed by atoms with Gasteiger partial charge in [0.25, 0.3) is 0 Å². The molecular weight excluding hydrogens is 388 g/mol. The fourth-order valence-electron chi connectivity index (χ4n) is 3.62. The van der Waals surface area contributed by atoms with Gasteiger partial charge in [-0.15, -0.1) is 0 Å². The number of aliphatic hydroxyl groups is 1. The summed E-state index contributed by atoms with van der Waals surface area (Å²) in [5, 5.41) is 15.5. The van der Waals surface area contributed by atoms with E-state index in [1.54, 1.807) is 13.2 Å². The van der Waals surface area contributed by atoms with E-state index in [4.69, 9.17) is 14.2 Å². The number of carbonyl (C=O) groups is 2. The molecule has 0 unspecified atom stereocenters. The van der Waals surface area contributed by atoms with Crippen molar-refractivity contribution in [1.82, 2.24) is 10.6 Å². The van der Waals surface area contributed by atoms with Crippen molar-refractivity contribution >= 4 is 11.8 Å². The van der Waals surface area contributed by atoms with Gasteiger partial charge in [0, 0.05) is 25.7 Å². The lowest BCUT2D eigenvalue weighted by Gasteiger charge is -2.33. The van der Waals surface area contributed by atoms with Crippen LogP contribution in [0.1, 0.15) is 24.8 Å². The van der Waals surface area contributed by atoms with Crippen molar-refractivity contribution < 1.29 is 28.9 Å². The molecule has 0 aromatic heterocycles. The Morgan fingerprint density at radius 1 is 1.23 bits per heavy atom. The molecule has 1 saturated heterocycles. The van der Waals surface area contributed by atoms with Crippen LogP contribution < -0.4 is 15.4 Å². The molecule has 0 saturated carbocycles. The Morgan fingerprint density at radius 2 is 2.03 bits per heavy atom. The summed E-state index contributed by atoms with van der Waals surface area (Å²) in [4.78, 5) is 24.7. The lowest BCUT2D eigenvalue weighted by atomic mass is 9.97. The van der Waals surface area contributed by atoms with Gasteiger partial charge in [0.2, 0.25) is 11.8 Å². The lowest BCUT2D eigenvalue weighted by molar-refractivity contribution is -0.132. The van der Waals surface area contributed by atoms with Gasteiger partial charge >= 0.3 is 0 Å². The van der Waals surface area contributed by atoms with E-state index in [2.05, 4.69) is 10.6 Å². The van der Waals surface area contributed by atoms with Crippen LogP contribution in [0.5, 0.6) is 5.75 Å². The fourth-order valence-corrected chi connectivity index (χ4v) is 3.62. The zero-order chi connectivity index (χ0) is 21.3. The zero-order valence-electron chi connectivity index (χ0n) is 17.2. The van der Waals surface area contributed by atoms with Crippen molar-refractivity contribution in [1.29, 1.82) is 0 Å². The van der Waals surface area contributed by atoms with Gasteiger partial charge in [0.1, 0.15) is 11.9 Å². The zero-order valence-corrected chi connectivity index (χ0v) is 17.2. The van der Waals surface area contributed by atoms with E-state index in [1.165, 1.54) is 0 Å². The second kappa shape index (κ2) is 11.1. The van der Waals surface area contributed by atoms with E-state index >= 15 is 0 Å². The molecule has 1 fully saturated rings. The molecule has 1 aromatic rings. The number of aliphatic hydroxyl groups excluding tert-OH is 1. The molecule has 2 heterocycles. The van der Waals surface area contributed by atoms with Gasteiger partial charge < -0.3 is 30.0 Å². The summed E-state index contributed by atoms with van der Waals surface area (Å²) in [7, 11) is 1.60. The first-order valence-electron chi connectivity index (χ1n) is 10.3. The Labute approximate surface area is 176 Å². The van der Waals surface area contributed by atoms with Crippen LogP contribution in [0.2, 0.25) is 0 Å². The number of rotatable bonds is 8. The minimum Gasteiger partial charge on any atom is -0.497 e. The number of ether oxygens (including phenoxy) is 3. The van der Waals surface area contributed by atoms with Crippen LogP contribution in [0.4, 0.5) is 0 Å². The molecule has 164 valence electrons. The number of nitrogens with one attached hydrogen (secondary N) is 2. The van der Waals surface area contributed by atoms with Crippen LogP contribution in [0, 0.1) is 5.92 Å². The first-order chi connectivity index (χ1) is 14.6. The smallest absolute Gasteiger partial charge is 0.223 e. The third-order valence-corrected chi connectivity index (χ3v) is 5.37. The lowest BCUT2D eigenvalue weighted by Crippen LogP contribution is -2.50. The second-order valence-corrected chi connectivity index (χ2v) is 7.53. The van der Waals surface area contributed by atoms with E-state index < -0.39 is 18.2 Å². The molecule has 1 aromatic carbocycles. The second-order valence-electron chi connectivity index (χ2n) is 7.53. The monoisotopic (exact) mass is 418 g/mol. The maximum absolute atomic E-state index is 12.4. The van der Waals surface area contributed by atoms with Crippen LogP contribution in [-0.2, 0) is 25.6 Å². The quantitative estimate of drug-likeness (QED) is 0.543. The Kier molecular flexibility index (Phi) is 8.24. The largest absolute Gasteiger partial charge is 0.497 e. The molecule has 8 heteroatoms. The SMILES string of the molecule is COc1cccc(CNC(=O)C[C@H]2C=C[C@@H](NC(=O)C3CCOCC3)[C@@H](CO)O2)c1. The van der Waals surface area contributed by atoms with Crippen molar-refractivity contribution in [2.75, 3.05) is 26.9 Å². The molecule has 0 aliphatic carbocycles. The first-order valence-corrected chi connectivity index (χ1v) is 10.3. The van der Waals surface area contributed by atoms with Crippen molar-refractivity contribution in [2.24, 2.45) is 5.92 Å². The van der Waals surface area contributed by atoms with Gasteiger partial charge in [0.15, 0.2) is 0 Å². The van der Waals surface area contributed by atoms with Crippen LogP contribution in [0.25, 0.3) is 0 Å². The normalized spacial score (nSPS) is 24.3. The third-order valence-electron chi connectivity index (χ3n) is 5.37. The van der Waals surface area contributed by atoms with Gasteiger partial charge in [-0.05, 0) is 30.5 Å². The minimum atomic E-state index is -0.588. The predicted octanol–water partition coefficient (Wildman–Crippen LogP) is 0.929. The average Bonchev–Trinajstić information content (AvgIpc) is 2.79. The summed E-state index contributed by atoms with van der Waals surface area (Å²) >= 11 is 0. The summed E-state index contributed by atoms with van der Waals surface area (Å²) < 4.78 is 16.3. The molecule has 3 atom stereocenters. The summed E-state index contributed by atoms with van der Waals surface area (Å²) in [6, 6.07) is 7.08. The van der Waals surface area contributed by atoms with E-state index in [9.17, 15) is 14.7 Å². The van der Waals surface area contributed by atoms with Crippen molar-refractivity contribution in [3.8, 4) is 5.75 Å². The number of hydrogen-bond acceptors (Lipinski definition) is 6. The molecule has 0 radical (unpaired) electrons. The maximum atomic E-state index is 12.4. The number of amides is 2. The number of methoxy groups -OCH3 is 1. The molecule has 3 rings (SSSR count). The van der Waals surface area contributed by atoms with Crippen molar-refractivity contribution in [3.63, 3.8) is 0 Å². The van der Waals surface area contributed by atoms with Crippen LogP contribution >= 0.6 is 0 Å². The molecule has 3 N–H and O–H groups in total. The first kappa shape index (κ1) is 22.3. The molecule has 2 aliphatic rings. The highest BCUT2D eigenvalue weighted by atomic mass is 16.5. The van der Waals surface area contributed by atoms with Gasteiger partial charge in [0.05, 0.1) is 32.3 Å². The van der Waals surface area contributed by atoms with Crippen LogP contribution in [-0.4, -0.2) is 62.1 Å². The Morgan fingerprint density at radius 3 is 2.77 bits per heavy atom. The molecule has 30 heavy (non-hydrogen) atoms. The molecule has 0 bridgehead atoms. The molecular formula is C22H30N2O6. The molecule has 2 aliphatic heterocycles. The highest BCUT2D eigenvalue weighted by Crippen LogP contribution is 2.19. The minimum absolute atomic E-state index is 0.0514. The Hall–Kier alpha value is -2.42. The number of hydrogen-bond donors (Lipinski definition) is 3. The van der Waals surface area contributed by atoms with E-state index in [1.807, 2.05) is 30.3 Å². The van der Waals surface area contributed by atoms with Gasteiger partial charge in [-0.3, -0.25) is 9.59 Å². The highest BCUT2D eigenvalue weighted by molar-refractivity contribution is 5.79. The van der Waals surface area contributed by atoms with E-state index in [-0.39, 0.29) is 30.8 Å². The van der Waals surface area contributed by atoms with Gasteiger partial charge in [-0.1, -0.05) is 24.3 Å². The predicted molar refractivity (Wildman–Crippen MR) is 110 cm³/mol. The molecule has 8 nitrogen and oxygen atoms in total. The third kappa shape index (κ3) is 6.29. The van der Waals surface area contributed by atoms with Crippen LogP contribution in [0.15, 0.2) is 36.4 Å². The average molecular weight is 418 g/mol. The van der Waals surface area contributed by atoms with E-state index in [0.717, 1.165) is 11.3 Å². The summed E-state index contributed by atoms with van der Waals surface area (Å²) in [6.45, 7) is 1.32. The van der Waals surface area contributed by atoms with Crippen LogP contribution in [0.3, 0.4) is 0 Å². The van der Waals surface area contributed by atoms with Crippen molar-refractivity contribution in [2.45, 2.75) is 44.1 Å². The van der Waals surface area contributed by atoms with Gasteiger partial charge in [-0.2, -0.15) is 0 Å². The summed E-state index contributed by atoms with van der Waals surface area (Å²) in [6.07, 6.45) is 4.07. The highest BCUT2D eigenvalue weighted by Gasteiger charge is 2.31. The summed E-state index contributed by atoms with van der Waals surface area (Å²) in [5.74, 6) is 0.449. The number of benzene rings is 1. The van der Waals surface area contributed by atoms with Crippen molar-refractivity contribution in [3.05, 3.63) is 42.0 Å². The van der Waals surface area contributed by atoms with Gasteiger partial charge in [-0.25, -0.2) is 0 Å². The fraction of sp³-hybridized carbons (Fsp3) is 0.545. The topological polar surface area (TPSA) is 106 Å². The number of carbonyl (C=O) groups excluding carboxylic acids is 2. The molecule has 2 amide bonds. The molecule has 0 spiro atoms. The maximum Gasteiger partial charge on any atom is 0.223 e. The Bertz CT molecular complexity index is 747. The summed E-state index contributed by atoms with van der Waals surface area (Å²) in [5.41, 5.74) is 0.937. The van der Waals surface area contributed by atoms with E-state index in [0.29, 0.717) is 32.6 Å². The Balaban J connectivity index is 1.48. The standard InChI is InChI=1S/C22H30N2O6/c1-28-17-4-2-3-15(11-17)13-23-21(26)12-18-5-6-19(20(14-25)30-18)24-22(27)16-7-9-29-10-8-16/h2-6,11,16,18-20,25H,7-10,12-14H2,1H3,(H,23,26)(H,24,27)/t18-,19-,20-/m1/s1.